The molecule has 2 aromatic carbocycles. The molecule has 26 heavy (non-hydrogen) atoms. The summed E-state index contributed by atoms with van der Waals surface area (Å²) in [6.45, 7) is 4.82. The van der Waals surface area contributed by atoms with Gasteiger partial charge in [0.15, 0.2) is 0 Å². The predicted molar refractivity (Wildman–Crippen MR) is 109 cm³/mol. The van der Waals surface area contributed by atoms with Crippen molar-refractivity contribution in [1.29, 1.82) is 0 Å². The second kappa shape index (κ2) is 8.25. The van der Waals surface area contributed by atoms with Crippen LogP contribution in [0.3, 0.4) is 0 Å². The molecule has 3 rings (SSSR count). The summed E-state index contributed by atoms with van der Waals surface area (Å²) in [5.74, 6) is 1.28. The standard InChI is InChI=1S/C21H25BrN2O2/c1-14(2)10-21(19-12-23-20-9-6-16(22)11-18(19)20)24(25)13-15-4-7-17(26-3)8-5-15/h4-9,11-12,14,21,23,25H,10,13H2,1-3H3. The van der Waals surface area contributed by atoms with Gasteiger partial charge in [0.25, 0.3) is 0 Å². The van der Waals surface area contributed by atoms with Crippen molar-refractivity contribution in [3.05, 3.63) is 64.3 Å². The molecule has 0 aliphatic rings. The minimum Gasteiger partial charge on any atom is -0.497 e. The number of rotatable bonds is 7. The molecule has 0 aliphatic heterocycles. The number of fused-ring (bicyclic) bond motifs is 1. The van der Waals surface area contributed by atoms with Crippen LogP contribution in [0.2, 0.25) is 0 Å². The van der Waals surface area contributed by atoms with Crippen LogP contribution in [0.15, 0.2) is 53.1 Å². The maximum atomic E-state index is 10.9. The molecule has 0 spiro atoms. The van der Waals surface area contributed by atoms with E-state index < -0.39 is 0 Å². The fourth-order valence-electron chi connectivity index (χ4n) is 3.27. The van der Waals surface area contributed by atoms with E-state index >= 15 is 0 Å². The first-order valence-electron chi connectivity index (χ1n) is 8.83. The zero-order valence-electron chi connectivity index (χ0n) is 15.4. The molecule has 4 nitrogen and oxygen atoms in total. The first-order valence-corrected chi connectivity index (χ1v) is 9.62. The maximum absolute atomic E-state index is 10.9. The maximum Gasteiger partial charge on any atom is 0.118 e. The fraction of sp³-hybridized carbons (Fsp3) is 0.333. The predicted octanol–water partition coefficient (Wildman–Crippen LogP) is 5.92. The van der Waals surface area contributed by atoms with Crippen LogP contribution in [0.4, 0.5) is 0 Å². The van der Waals surface area contributed by atoms with Crippen molar-refractivity contribution in [2.45, 2.75) is 32.9 Å². The van der Waals surface area contributed by atoms with E-state index in [1.807, 2.05) is 36.5 Å². The van der Waals surface area contributed by atoms with Crippen LogP contribution in [0.1, 0.15) is 37.4 Å². The van der Waals surface area contributed by atoms with Crippen molar-refractivity contribution < 1.29 is 9.94 Å². The third-order valence-corrected chi connectivity index (χ3v) is 5.09. The van der Waals surface area contributed by atoms with Crippen LogP contribution in [-0.4, -0.2) is 22.4 Å². The Morgan fingerprint density at radius 1 is 1.15 bits per heavy atom. The minimum atomic E-state index is -0.0832. The van der Waals surface area contributed by atoms with Gasteiger partial charge in [-0.1, -0.05) is 41.9 Å². The lowest BCUT2D eigenvalue weighted by Gasteiger charge is -2.27. The molecular formula is C21H25BrN2O2. The molecular weight excluding hydrogens is 392 g/mol. The van der Waals surface area contributed by atoms with Gasteiger partial charge in [0, 0.05) is 28.1 Å². The number of nitrogens with zero attached hydrogens (tertiary/aromatic N) is 1. The van der Waals surface area contributed by atoms with Gasteiger partial charge in [-0.15, -0.1) is 0 Å². The number of ether oxygens (including phenoxy) is 1. The van der Waals surface area contributed by atoms with Gasteiger partial charge in [0.2, 0.25) is 0 Å². The summed E-state index contributed by atoms with van der Waals surface area (Å²) in [7, 11) is 1.65. The molecule has 1 aromatic heterocycles. The Labute approximate surface area is 162 Å². The largest absolute Gasteiger partial charge is 0.497 e. The number of hydroxylamine groups is 2. The van der Waals surface area contributed by atoms with Gasteiger partial charge in [-0.05, 0) is 53.8 Å². The lowest BCUT2D eigenvalue weighted by molar-refractivity contribution is -0.141. The monoisotopic (exact) mass is 416 g/mol. The van der Waals surface area contributed by atoms with Crippen molar-refractivity contribution in [2.24, 2.45) is 5.92 Å². The summed E-state index contributed by atoms with van der Waals surface area (Å²) in [6.07, 6.45) is 2.88. The van der Waals surface area contributed by atoms with Crippen LogP contribution in [0, 0.1) is 5.92 Å². The van der Waals surface area contributed by atoms with Gasteiger partial charge in [0.1, 0.15) is 5.75 Å². The fourth-order valence-corrected chi connectivity index (χ4v) is 3.64. The lowest BCUT2D eigenvalue weighted by Crippen LogP contribution is -2.26. The molecule has 1 atom stereocenters. The van der Waals surface area contributed by atoms with Crippen molar-refractivity contribution in [1.82, 2.24) is 10.0 Å². The molecule has 0 aliphatic carbocycles. The normalized spacial score (nSPS) is 12.9. The Morgan fingerprint density at radius 2 is 1.88 bits per heavy atom. The Balaban J connectivity index is 1.89. The molecule has 0 saturated carbocycles. The van der Waals surface area contributed by atoms with Crippen LogP contribution < -0.4 is 4.74 Å². The molecule has 2 N–H and O–H groups in total. The van der Waals surface area contributed by atoms with Gasteiger partial charge in [-0.2, -0.15) is 5.06 Å². The molecule has 1 unspecified atom stereocenters. The van der Waals surface area contributed by atoms with Gasteiger partial charge in [-0.25, -0.2) is 0 Å². The number of aromatic nitrogens is 1. The quantitative estimate of drug-likeness (QED) is 0.470. The SMILES string of the molecule is COc1ccc(CN(O)C(CC(C)C)c2c[nH]c3ccc(Br)cc23)cc1. The van der Waals surface area contributed by atoms with E-state index in [2.05, 4.69) is 46.9 Å². The van der Waals surface area contributed by atoms with Crippen LogP contribution in [0.5, 0.6) is 5.75 Å². The summed E-state index contributed by atoms with van der Waals surface area (Å²) in [6, 6.07) is 13.9. The van der Waals surface area contributed by atoms with Crippen molar-refractivity contribution in [3.63, 3.8) is 0 Å². The highest BCUT2D eigenvalue weighted by atomic mass is 79.9. The zero-order valence-corrected chi connectivity index (χ0v) is 17.0. The van der Waals surface area contributed by atoms with E-state index in [4.69, 9.17) is 4.74 Å². The Bertz CT molecular complexity index is 858. The van der Waals surface area contributed by atoms with Gasteiger partial charge >= 0.3 is 0 Å². The van der Waals surface area contributed by atoms with Crippen LogP contribution >= 0.6 is 15.9 Å². The number of hydrogen-bond donors (Lipinski definition) is 2. The number of halogens is 1. The molecule has 0 bridgehead atoms. The number of nitrogens with one attached hydrogen (secondary N) is 1. The molecule has 0 saturated heterocycles. The number of benzene rings is 2. The Morgan fingerprint density at radius 3 is 2.54 bits per heavy atom. The molecule has 5 heteroatoms. The molecule has 0 radical (unpaired) electrons. The summed E-state index contributed by atoms with van der Waals surface area (Å²) in [5, 5.41) is 13.5. The third kappa shape index (κ3) is 4.29. The summed E-state index contributed by atoms with van der Waals surface area (Å²) in [5.41, 5.74) is 3.24. The van der Waals surface area contributed by atoms with E-state index in [1.54, 1.807) is 7.11 Å². The van der Waals surface area contributed by atoms with E-state index in [0.717, 1.165) is 38.7 Å². The topological polar surface area (TPSA) is 48.5 Å². The summed E-state index contributed by atoms with van der Waals surface area (Å²) in [4.78, 5) is 3.33. The van der Waals surface area contributed by atoms with Gasteiger partial charge in [0.05, 0.1) is 13.2 Å². The summed E-state index contributed by atoms with van der Waals surface area (Å²) >= 11 is 3.55. The second-order valence-corrected chi connectivity index (χ2v) is 7.94. The Hall–Kier alpha value is -1.82. The Kier molecular flexibility index (Phi) is 6.01. The van der Waals surface area contributed by atoms with Crippen LogP contribution in [-0.2, 0) is 6.54 Å². The number of methoxy groups -OCH3 is 1. The smallest absolute Gasteiger partial charge is 0.118 e. The van der Waals surface area contributed by atoms with E-state index in [-0.39, 0.29) is 6.04 Å². The van der Waals surface area contributed by atoms with Crippen molar-refractivity contribution >= 4 is 26.8 Å². The first-order chi connectivity index (χ1) is 12.5. The number of H-pyrrole nitrogens is 1. The zero-order chi connectivity index (χ0) is 18.7. The average Bonchev–Trinajstić information content (AvgIpc) is 3.02. The minimum absolute atomic E-state index is 0.0832. The van der Waals surface area contributed by atoms with Gasteiger partial charge < -0.3 is 14.9 Å². The molecule has 138 valence electrons. The second-order valence-electron chi connectivity index (χ2n) is 7.02. The van der Waals surface area contributed by atoms with E-state index in [9.17, 15) is 5.21 Å². The lowest BCUT2D eigenvalue weighted by atomic mass is 9.96. The highest BCUT2D eigenvalue weighted by Gasteiger charge is 2.23. The highest BCUT2D eigenvalue weighted by Crippen LogP contribution is 2.34. The highest BCUT2D eigenvalue weighted by molar-refractivity contribution is 9.10. The number of aromatic amines is 1. The van der Waals surface area contributed by atoms with Crippen molar-refractivity contribution in [2.75, 3.05) is 7.11 Å². The van der Waals surface area contributed by atoms with Crippen LogP contribution in [0.25, 0.3) is 10.9 Å². The molecule has 3 aromatic rings. The van der Waals surface area contributed by atoms with E-state index in [1.165, 1.54) is 5.06 Å². The molecule has 0 amide bonds. The summed E-state index contributed by atoms with van der Waals surface area (Å²) < 4.78 is 6.24. The molecule has 1 heterocycles. The third-order valence-electron chi connectivity index (χ3n) is 4.59. The van der Waals surface area contributed by atoms with Crippen molar-refractivity contribution in [3.8, 4) is 5.75 Å². The van der Waals surface area contributed by atoms with E-state index in [0.29, 0.717) is 12.5 Å². The number of hydrogen-bond acceptors (Lipinski definition) is 3. The van der Waals surface area contributed by atoms with Gasteiger partial charge in [-0.3, -0.25) is 0 Å². The average molecular weight is 417 g/mol. The molecule has 0 fully saturated rings. The first kappa shape index (κ1) is 19.0.